The van der Waals surface area contributed by atoms with Crippen LogP contribution in [0.5, 0.6) is 0 Å². The Morgan fingerprint density at radius 1 is 1.44 bits per heavy atom. The first-order chi connectivity index (χ1) is 8.69. The third-order valence-corrected chi connectivity index (χ3v) is 4.15. The molecule has 0 aromatic carbocycles. The van der Waals surface area contributed by atoms with Gasteiger partial charge in [-0.15, -0.1) is 0 Å². The molecule has 1 aromatic heterocycles. The number of rotatable bonds is 1. The van der Waals surface area contributed by atoms with Gasteiger partial charge >= 0.3 is 0 Å². The van der Waals surface area contributed by atoms with Gasteiger partial charge in [0.15, 0.2) is 0 Å². The molecule has 3 atom stereocenters. The summed E-state index contributed by atoms with van der Waals surface area (Å²) in [6.07, 6.45) is 0. The second-order valence-electron chi connectivity index (χ2n) is 5.28. The van der Waals surface area contributed by atoms with Gasteiger partial charge in [-0.3, -0.25) is 0 Å². The van der Waals surface area contributed by atoms with E-state index in [1.807, 2.05) is 6.92 Å². The summed E-state index contributed by atoms with van der Waals surface area (Å²) in [6, 6.07) is 4.28. The minimum absolute atomic E-state index is 0.443. The Kier molecular flexibility index (Phi) is 2.67. The molecule has 2 aliphatic heterocycles. The lowest BCUT2D eigenvalue weighted by Crippen LogP contribution is -2.34. The zero-order valence-electron chi connectivity index (χ0n) is 10.7. The molecule has 0 amide bonds. The molecule has 2 aliphatic rings. The highest BCUT2D eigenvalue weighted by Gasteiger charge is 2.42. The minimum Gasteiger partial charge on any atom is -0.337 e. The number of hydrogen-bond acceptors (Lipinski definition) is 5. The van der Waals surface area contributed by atoms with Crippen LogP contribution in [0.2, 0.25) is 0 Å². The number of aromatic nitrogens is 2. The van der Waals surface area contributed by atoms with Crippen LogP contribution < -0.4 is 10.2 Å². The van der Waals surface area contributed by atoms with E-state index in [9.17, 15) is 0 Å². The molecule has 3 rings (SSSR count). The Morgan fingerprint density at radius 2 is 2.28 bits per heavy atom. The number of fused-ring (bicyclic) bond motifs is 1. The van der Waals surface area contributed by atoms with Gasteiger partial charge in [0, 0.05) is 31.4 Å². The van der Waals surface area contributed by atoms with Crippen LogP contribution in [0.25, 0.3) is 0 Å². The molecule has 0 radical (unpaired) electrons. The second-order valence-corrected chi connectivity index (χ2v) is 5.28. The van der Waals surface area contributed by atoms with Gasteiger partial charge in [-0.1, -0.05) is 0 Å². The molecule has 5 heteroatoms. The lowest BCUT2D eigenvalue weighted by Gasteiger charge is -2.24. The van der Waals surface area contributed by atoms with Crippen LogP contribution in [0.15, 0.2) is 6.07 Å². The lowest BCUT2D eigenvalue weighted by molar-refractivity contribution is 0.470. The Hall–Kier alpha value is -1.67. The van der Waals surface area contributed by atoms with E-state index in [2.05, 4.69) is 33.2 Å². The van der Waals surface area contributed by atoms with Crippen molar-refractivity contribution in [3.05, 3.63) is 17.5 Å². The number of aryl methyl sites for hydroxylation is 1. The van der Waals surface area contributed by atoms with Gasteiger partial charge in [-0.05, 0) is 31.7 Å². The highest BCUT2D eigenvalue weighted by molar-refractivity contribution is 5.39. The third kappa shape index (κ3) is 1.73. The molecule has 3 unspecified atom stereocenters. The zero-order chi connectivity index (χ0) is 12.7. The molecule has 0 aliphatic carbocycles. The van der Waals surface area contributed by atoms with Crippen LogP contribution in [0.1, 0.15) is 18.3 Å². The summed E-state index contributed by atoms with van der Waals surface area (Å²) in [4.78, 5) is 11.1. The molecule has 3 heterocycles. The second kappa shape index (κ2) is 4.21. The van der Waals surface area contributed by atoms with Gasteiger partial charge in [0.25, 0.3) is 0 Å². The average molecular weight is 243 g/mol. The van der Waals surface area contributed by atoms with Crippen LogP contribution in [0.3, 0.4) is 0 Å². The summed E-state index contributed by atoms with van der Waals surface area (Å²) < 4.78 is 0. The molecule has 94 valence electrons. The van der Waals surface area contributed by atoms with Gasteiger partial charge in [0.2, 0.25) is 5.95 Å². The van der Waals surface area contributed by atoms with Crippen LogP contribution in [0.4, 0.5) is 5.95 Å². The molecule has 5 nitrogen and oxygen atoms in total. The first-order valence-electron chi connectivity index (χ1n) is 6.42. The van der Waals surface area contributed by atoms with Crippen LogP contribution in [-0.4, -0.2) is 35.6 Å². The fourth-order valence-electron chi connectivity index (χ4n) is 3.17. The largest absolute Gasteiger partial charge is 0.337 e. The van der Waals surface area contributed by atoms with Gasteiger partial charge < -0.3 is 10.2 Å². The fraction of sp³-hybridized carbons (Fsp3) is 0.615. The van der Waals surface area contributed by atoms with Crippen molar-refractivity contribution in [2.75, 3.05) is 24.5 Å². The molecule has 2 fully saturated rings. The van der Waals surface area contributed by atoms with E-state index in [4.69, 9.17) is 5.26 Å². The lowest BCUT2D eigenvalue weighted by atomic mass is 9.95. The SMILES string of the molecule is Cc1cc(C#N)nc(N2CC3CNCC3C2C)n1. The van der Waals surface area contributed by atoms with Crippen molar-refractivity contribution in [2.45, 2.75) is 19.9 Å². The molecule has 1 N–H and O–H groups in total. The molecule has 18 heavy (non-hydrogen) atoms. The molecule has 1 aromatic rings. The first kappa shape index (κ1) is 11.4. The molecule has 2 saturated heterocycles. The monoisotopic (exact) mass is 243 g/mol. The van der Waals surface area contributed by atoms with Crippen molar-refractivity contribution >= 4 is 5.95 Å². The maximum atomic E-state index is 8.99. The molecule has 0 saturated carbocycles. The van der Waals surface area contributed by atoms with Crippen molar-refractivity contribution in [1.82, 2.24) is 15.3 Å². The normalized spacial score (nSPS) is 30.3. The zero-order valence-corrected chi connectivity index (χ0v) is 10.7. The van der Waals surface area contributed by atoms with Crippen LogP contribution in [-0.2, 0) is 0 Å². The fourth-order valence-corrected chi connectivity index (χ4v) is 3.17. The summed E-state index contributed by atoms with van der Waals surface area (Å²) in [7, 11) is 0. The van der Waals surface area contributed by atoms with Crippen molar-refractivity contribution in [3.63, 3.8) is 0 Å². The third-order valence-electron chi connectivity index (χ3n) is 4.15. The Morgan fingerprint density at radius 3 is 3.00 bits per heavy atom. The number of nitriles is 1. The van der Waals surface area contributed by atoms with E-state index in [1.54, 1.807) is 6.07 Å². The standard InChI is InChI=1S/C13H17N5/c1-8-3-11(4-14)17-13(16-8)18-7-10-5-15-6-12(10)9(18)2/h3,9-10,12,15H,5-7H2,1-2H3. The smallest absolute Gasteiger partial charge is 0.227 e. The Labute approximate surface area is 107 Å². The highest BCUT2D eigenvalue weighted by Crippen LogP contribution is 2.34. The predicted octanol–water partition coefficient (Wildman–Crippen LogP) is 0.701. The number of anilines is 1. The number of hydrogen-bond donors (Lipinski definition) is 1. The summed E-state index contributed by atoms with van der Waals surface area (Å²) in [6.45, 7) is 7.30. The van der Waals surface area contributed by atoms with E-state index in [1.165, 1.54) is 0 Å². The van der Waals surface area contributed by atoms with E-state index in [0.29, 0.717) is 29.5 Å². The molecular weight excluding hydrogens is 226 g/mol. The maximum absolute atomic E-state index is 8.99. The first-order valence-corrected chi connectivity index (χ1v) is 6.42. The molecular formula is C13H17N5. The Bertz CT molecular complexity index is 507. The van der Waals surface area contributed by atoms with Crippen molar-refractivity contribution < 1.29 is 0 Å². The summed E-state index contributed by atoms with van der Waals surface area (Å²) in [5.41, 5.74) is 1.32. The number of nitrogens with zero attached hydrogens (tertiary/aromatic N) is 4. The van der Waals surface area contributed by atoms with Crippen molar-refractivity contribution in [2.24, 2.45) is 11.8 Å². The van der Waals surface area contributed by atoms with E-state index < -0.39 is 0 Å². The van der Waals surface area contributed by atoms with Gasteiger partial charge in [-0.25, -0.2) is 9.97 Å². The maximum Gasteiger partial charge on any atom is 0.227 e. The molecule has 0 bridgehead atoms. The summed E-state index contributed by atoms with van der Waals surface area (Å²) >= 11 is 0. The van der Waals surface area contributed by atoms with Gasteiger partial charge in [-0.2, -0.15) is 5.26 Å². The highest BCUT2D eigenvalue weighted by atomic mass is 15.3. The van der Waals surface area contributed by atoms with Gasteiger partial charge in [0.05, 0.1) is 0 Å². The van der Waals surface area contributed by atoms with Crippen molar-refractivity contribution in [1.29, 1.82) is 5.26 Å². The predicted molar refractivity (Wildman–Crippen MR) is 68.1 cm³/mol. The average Bonchev–Trinajstić information content (AvgIpc) is 2.92. The van der Waals surface area contributed by atoms with E-state index >= 15 is 0 Å². The topological polar surface area (TPSA) is 64.8 Å². The number of nitrogens with one attached hydrogen (secondary N) is 1. The van der Waals surface area contributed by atoms with Crippen LogP contribution in [0, 0.1) is 30.1 Å². The minimum atomic E-state index is 0.443. The van der Waals surface area contributed by atoms with Crippen molar-refractivity contribution in [3.8, 4) is 6.07 Å². The van der Waals surface area contributed by atoms with E-state index in [0.717, 1.165) is 25.3 Å². The summed E-state index contributed by atoms with van der Waals surface area (Å²) in [5, 5.41) is 12.4. The van der Waals surface area contributed by atoms with E-state index in [-0.39, 0.29) is 0 Å². The van der Waals surface area contributed by atoms with Gasteiger partial charge in [0.1, 0.15) is 11.8 Å². The Balaban J connectivity index is 1.92. The van der Waals surface area contributed by atoms with Crippen LogP contribution >= 0.6 is 0 Å². The molecule has 0 spiro atoms. The summed E-state index contributed by atoms with van der Waals surface area (Å²) in [5.74, 6) is 2.09. The quantitative estimate of drug-likeness (QED) is 0.786.